The first-order valence-electron chi connectivity index (χ1n) is 8.93. The van der Waals surface area contributed by atoms with E-state index < -0.39 is 0 Å². The predicted octanol–water partition coefficient (Wildman–Crippen LogP) is 3.91. The Morgan fingerprint density at radius 3 is 2.60 bits per heavy atom. The minimum Gasteiger partial charge on any atom is -0.312 e. The van der Waals surface area contributed by atoms with Gasteiger partial charge in [-0.1, -0.05) is 41.0 Å². The van der Waals surface area contributed by atoms with Crippen LogP contribution in [0.3, 0.4) is 0 Å². The lowest BCUT2D eigenvalue weighted by Gasteiger charge is -2.48. The molecule has 1 saturated carbocycles. The molecule has 1 aliphatic heterocycles. The van der Waals surface area contributed by atoms with Crippen LogP contribution in [0, 0.1) is 17.3 Å². The fourth-order valence-electron chi connectivity index (χ4n) is 4.38. The summed E-state index contributed by atoms with van der Waals surface area (Å²) in [6.07, 6.45) is 6.84. The molecule has 118 valence electrons. The van der Waals surface area contributed by atoms with Crippen LogP contribution in [0.4, 0.5) is 0 Å². The molecule has 0 aromatic rings. The zero-order valence-corrected chi connectivity index (χ0v) is 14.4. The summed E-state index contributed by atoms with van der Waals surface area (Å²) < 4.78 is 0. The highest BCUT2D eigenvalue weighted by Gasteiger charge is 2.42. The van der Waals surface area contributed by atoms with Crippen LogP contribution in [0.15, 0.2) is 0 Å². The Morgan fingerprint density at radius 2 is 2.00 bits per heavy atom. The molecule has 2 fully saturated rings. The average molecular weight is 280 g/mol. The summed E-state index contributed by atoms with van der Waals surface area (Å²) in [5.74, 6) is 1.77. The molecule has 2 nitrogen and oxygen atoms in total. The van der Waals surface area contributed by atoms with Gasteiger partial charge in [-0.25, -0.2) is 0 Å². The number of nitrogens with one attached hydrogen (secondary N) is 1. The fourth-order valence-corrected chi connectivity index (χ4v) is 4.38. The molecule has 1 aliphatic carbocycles. The molecule has 1 saturated heterocycles. The van der Waals surface area contributed by atoms with Gasteiger partial charge in [0.2, 0.25) is 0 Å². The Balaban J connectivity index is 2.03. The predicted molar refractivity (Wildman–Crippen MR) is 88.0 cm³/mol. The molecule has 20 heavy (non-hydrogen) atoms. The van der Waals surface area contributed by atoms with Crippen LogP contribution >= 0.6 is 0 Å². The highest BCUT2D eigenvalue weighted by molar-refractivity contribution is 4.99. The zero-order chi connectivity index (χ0) is 14.8. The molecule has 0 spiro atoms. The van der Waals surface area contributed by atoms with E-state index in [4.69, 9.17) is 0 Å². The standard InChI is InChI=1S/C18H36N2/c1-6-11-19-17-16(8-7-10-18(17,4)5)20-12-9-15(13-20)14(2)3/h14-17,19H,6-13H2,1-5H3. The summed E-state index contributed by atoms with van der Waals surface area (Å²) in [7, 11) is 0. The van der Waals surface area contributed by atoms with Gasteiger partial charge in [-0.15, -0.1) is 0 Å². The summed E-state index contributed by atoms with van der Waals surface area (Å²) in [4.78, 5) is 2.82. The zero-order valence-electron chi connectivity index (χ0n) is 14.4. The van der Waals surface area contributed by atoms with E-state index in [2.05, 4.69) is 44.8 Å². The first-order valence-corrected chi connectivity index (χ1v) is 8.93. The van der Waals surface area contributed by atoms with Crippen molar-refractivity contribution in [3.05, 3.63) is 0 Å². The highest BCUT2D eigenvalue weighted by atomic mass is 15.2. The topological polar surface area (TPSA) is 15.3 Å². The molecule has 2 aliphatic rings. The molecule has 3 atom stereocenters. The van der Waals surface area contributed by atoms with Crippen molar-refractivity contribution in [2.24, 2.45) is 17.3 Å². The normalized spacial score (nSPS) is 34.8. The maximum absolute atomic E-state index is 3.89. The Labute approximate surface area is 126 Å². The first-order chi connectivity index (χ1) is 9.45. The van der Waals surface area contributed by atoms with Crippen LogP contribution in [0.5, 0.6) is 0 Å². The van der Waals surface area contributed by atoms with Crippen LogP contribution in [0.2, 0.25) is 0 Å². The maximum Gasteiger partial charge on any atom is 0.0274 e. The smallest absolute Gasteiger partial charge is 0.0274 e. The van der Waals surface area contributed by atoms with Crippen LogP contribution in [-0.4, -0.2) is 36.6 Å². The molecule has 2 rings (SSSR count). The molecule has 1 N–H and O–H groups in total. The van der Waals surface area contributed by atoms with Crippen molar-refractivity contribution in [3.8, 4) is 0 Å². The fraction of sp³-hybridized carbons (Fsp3) is 1.00. The van der Waals surface area contributed by atoms with Gasteiger partial charge in [0.15, 0.2) is 0 Å². The number of hydrogen-bond donors (Lipinski definition) is 1. The van der Waals surface area contributed by atoms with Gasteiger partial charge >= 0.3 is 0 Å². The molecule has 3 unspecified atom stereocenters. The summed E-state index contributed by atoms with van der Waals surface area (Å²) >= 11 is 0. The van der Waals surface area contributed by atoms with E-state index in [0.717, 1.165) is 17.9 Å². The second-order valence-corrected chi connectivity index (χ2v) is 8.17. The Kier molecular flexibility index (Phi) is 5.53. The van der Waals surface area contributed by atoms with E-state index >= 15 is 0 Å². The third-order valence-electron chi connectivity index (χ3n) is 5.83. The van der Waals surface area contributed by atoms with Crippen LogP contribution < -0.4 is 5.32 Å². The van der Waals surface area contributed by atoms with Crippen molar-refractivity contribution in [2.45, 2.75) is 78.8 Å². The number of nitrogens with zero attached hydrogens (tertiary/aromatic N) is 1. The quantitative estimate of drug-likeness (QED) is 0.821. The van der Waals surface area contributed by atoms with E-state index in [-0.39, 0.29) is 0 Å². The van der Waals surface area contributed by atoms with Crippen molar-refractivity contribution in [1.29, 1.82) is 0 Å². The van der Waals surface area contributed by atoms with E-state index in [1.165, 1.54) is 51.7 Å². The Morgan fingerprint density at radius 1 is 1.25 bits per heavy atom. The summed E-state index contributed by atoms with van der Waals surface area (Å²) in [6, 6.07) is 1.45. The van der Waals surface area contributed by atoms with Crippen molar-refractivity contribution in [3.63, 3.8) is 0 Å². The van der Waals surface area contributed by atoms with Gasteiger partial charge < -0.3 is 5.32 Å². The largest absolute Gasteiger partial charge is 0.312 e. The SMILES string of the molecule is CCCNC1C(N2CCC(C(C)C)C2)CCCC1(C)C. The number of rotatable bonds is 5. The van der Waals surface area contributed by atoms with Gasteiger partial charge in [-0.2, -0.15) is 0 Å². The molecule has 0 bridgehead atoms. The lowest BCUT2D eigenvalue weighted by atomic mass is 9.70. The highest BCUT2D eigenvalue weighted by Crippen LogP contribution is 2.39. The molecule has 0 aromatic carbocycles. The molecule has 1 heterocycles. The molecular formula is C18H36N2. The van der Waals surface area contributed by atoms with Gasteiger partial charge in [0.25, 0.3) is 0 Å². The third-order valence-corrected chi connectivity index (χ3v) is 5.83. The summed E-state index contributed by atoms with van der Waals surface area (Å²) in [5.41, 5.74) is 0.452. The molecule has 0 radical (unpaired) electrons. The summed E-state index contributed by atoms with van der Waals surface area (Å²) in [6.45, 7) is 15.9. The van der Waals surface area contributed by atoms with E-state index in [0.29, 0.717) is 11.5 Å². The molecule has 0 amide bonds. The van der Waals surface area contributed by atoms with Gasteiger partial charge in [-0.3, -0.25) is 4.90 Å². The number of hydrogen-bond acceptors (Lipinski definition) is 2. The van der Waals surface area contributed by atoms with E-state index in [1.54, 1.807) is 0 Å². The monoisotopic (exact) mass is 280 g/mol. The minimum atomic E-state index is 0.452. The lowest BCUT2D eigenvalue weighted by Crippen LogP contribution is -2.58. The molecule has 2 heteroatoms. The van der Waals surface area contributed by atoms with Crippen molar-refractivity contribution in [2.75, 3.05) is 19.6 Å². The Bertz CT molecular complexity index is 298. The molecular weight excluding hydrogens is 244 g/mol. The van der Waals surface area contributed by atoms with Crippen LogP contribution in [0.1, 0.15) is 66.7 Å². The lowest BCUT2D eigenvalue weighted by molar-refractivity contribution is 0.0585. The second-order valence-electron chi connectivity index (χ2n) is 8.17. The first kappa shape index (κ1) is 16.3. The van der Waals surface area contributed by atoms with Gasteiger partial charge in [0, 0.05) is 18.6 Å². The third kappa shape index (κ3) is 3.57. The van der Waals surface area contributed by atoms with Crippen LogP contribution in [0.25, 0.3) is 0 Å². The van der Waals surface area contributed by atoms with E-state index in [9.17, 15) is 0 Å². The Hall–Kier alpha value is -0.0800. The van der Waals surface area contributed by atoms with Crippen LogP contribution in [-0.2, 0) is 0 Å². The van der Waals surface area contributed by atoms with Gasteiger partial charge in [0.1, 0.15) is 0 Å². The maximum atomic E-state index is 3.89. The summed E-state index contributed by atoms with van der Waals surface area (Å²) in [5, 5.41) is 3.89. The van der Waals surface area contributed by atoms with Crippen molar-refractivity contribution in [1.82, 2.24) is 10.2 Å². The average Bonchev–Trinajstić information content (AvgIpc) is 2.86. The van der Waals surface area contributed by atoms with Crippen molar-refractivity contribution >= 4 is 0 Å². The number of likely N-dealkylation sites (tertiary alicyclic amines) is 1. The van der Waals surface area contributed by atoms with Gasteiger partial charge in [0.05, 0.1) is 0 Å². The van der Waals surface area contributed by atoms with Crippen molar-refractivity contribution < 1.29 is 0 Å². The second kappa shape index (κ2) is 6.79. The minimum absolute atomic E-state index is 0.452. The van der Waals surface area contributed by atoms with E-state index in [1.807, 2.05) is 0 Å². The molecule has 0 aromatic heterocycles. The van der Waals surface area contributed by atoms with Gasteiger partial charge in [-0.05, 0) is 56.0 Å².